The van der Waals surface area contributed by atoms with Crippen LogP contribution in [0.3, 0.4) is 0 Å². The van der Waals surface area contributed by atoms with Gasteiger partial charge in [0, 0.05) is 51.2 Å². The summed E-state index contributed by atoms with van der Waals surface area (Å²) < 4.78 is 56.3. The molecule has 0 spiro atoms. The lowest BCUT2D eigenvalue weighted by Crippen LogP contribution is -2.37. The van der Waals surface area contributed by atoms with Gasteiger partial charge in [-0.05, 0) is 25.5 Å². The van der Waals surface area contributed by atoms with Crippen LogP contribution in [0.1, 0.15) is 24.0 Å². The Bertz CT molecular complexity index is 1120. The zero-order chi connectivity index (χ0) is 22.1. The van der Waals surface area contributed by atoms with Gasteiger partial charge in [0.2, 0.25) is 5.91 Å². The zero-order valence-electron chi connectivity index (χ0n) is 17.0. The number of carbonyl (C=O) groups excluding carboxylic acids is 1. The Morgan fingerprint density at radius 3 is 2.30 bits per heavy atom. The lowest BCUT2D eigenvalue weighted by atomic mass is 10.4. The fourth-order valence-electron chi connectivity index (χ4n) is 3.06. The SMILES string of the molecule is CC(=O)NCc1ccc(S(=O)(=O)N2CCCN(S(=O)(=O)c3cn(C)c(C)n3)CC2)s1. The van der Waals surface area contributed by atoms with E-state index in [-0.39, 0.29) is 47.9 Å². The average Bonchev–Trinajstić information content (AvgIpc) is 3.19. The molecule has 1 N–H and O–H groups in total. The Morgan fingerprint density at radius 2 is 1.73 bits per heavy atom. The Labute approximate surface area is 180 Å². The highest BCUT2D eigenvalue weighted by molar-refractivity contribution is 7.91. The summed E-state index contributed by atoms with van der Waals surface area (Å²) in [5, 5.41) is 2.61. The highest BCUT2D eigenvalue weighted by Crippen LogP contribution is 2.26. The third kappa shape index (κ3) is 4.75. The number of carbonyl (C=O) groups is 1. The Hall–Kier alpha value is -1.80. The van der Waals surface area contributed by atoms with Crippen LogP contribution in [0.15, 0.2) is 27.6 Å². The molecule has 1 fully saturated rings. The summed E-state index contributed by atoms with van der Waals surface area (Å²) in [4.78, 5) is 15.9. The van der Waals surface area contributed by atoms with Crippen molar-refractivity contribution in [2.75, 3.05) is 26.2 Å². The van der Waals surface area contributed by atoms with Crippen molar-refractivity contribution < 1.29 is 21.6 Å². The second kappa shape index (κ2) is 8.75. The molecule has 0 saturated carbocycles. The van der Waals surface area contributed by atoms with Gasteiger partial charge in [0.25, 0.3) is 20.0 Å². The van der Waals surface area contributed by atoms with Crippen molar-refractivity contribution in [1.29, 1.82) is 0 Å². The molecule has 0 atom stereocenters. The molecule has 1 saturated heterocycles. The van der Waals surface area contributed by atoms with E-state index >= 15 is 0 Å². The molecule has 10 nitrogen and oxygen atoms in total. The largest absolute Gasteiger partial charge is 0.351 e. The van der Waals surface area contributed by atoms with Gasteiger partial charge < -0.3 is 9.88 Å². The predicted molar refractivity (Wildman–Crippen MR) is 112 cm³/mol. The van der Waals surface area contributed by atoms with E-state index in [0.717, 1.165) is 16.2 Å². The molecule has 0 bridgehead atoms. The van der Waals surface area contributed by atoms with Crippen molar-refractivity contribution in [2.45, 2.75) is 36.0 Å². The number of hydrogen-bond acceptors (Lipinski definition) is 7. The van der Waals surface area contributed by atoms with Crippen LogP contribution in [0.4, 0.5) is 0 Å². The van der Waals surface area contributed by atoms with Gasteiger partial charge in [-0.1, -0.05) is 0 Å². The van der Waals surface area contributed by atoms with Gasteiger partial charge in [-0.2, -0.15) is 8.61 Å². The number of sulfonamides is 2. The van der Waals surface area contributed by atoms with Gasteiger partial charge in [0.15, 0.2) is 5.03 Å². The average molecular weight is 476 g/mol. The Kier molecular flexibility index (Phi) is 6.67. The number of nitrogens with one attached hydrogen (secondary N) is 1. The van der Waals surface area contributed by atoms with E-state index in [2.05, 4.69) is 10.3 Å². The first-order chi connectivity index (χ1) is 14.0. The van der Waals surface area contributed by atoms with Gasteiger partial charge in [-0.15, -0.1) is 11.3 Å². The van der Waals surface area contributed by atoms with Crippen LogP contribution >= 0.6 is 11.3 Å². The van der Waals surface area contributed by atoms with Crippen molar-refractivity contribution in [3.05, 3.63) is 29.0 Å². The molecule has 2 aromatic heterocycles. The molecule has 30 heavy (non-hydrogen) atoms. The van der Waals surface area contributed by atoms with Crippen molar-refractivity contribution >= 4 is 37.3 Å². The van der Waals surface area contributed by atoms with E-state index in [4.69, 9.17) is 0 Å². The minimum Gasteiger partial charge on any atom is -0.351 e. The molecule has 0 radical (unpaired) electrons. The van der Waals surface area contributed by atoms with Crippen molar-refractivity contribution in [1.82, 2.24) is 23.5 Å². The van der Waals surface area contributed by atoms with E-state index in [1.54, 1.807) is 24.6 Å². The second-order valence-corrected chi connectivity index (χ2v) is 12.2. The lowest BCUT2D eigenvalue weighted by Gasteiger charge is -2.20. The number of amides is 1. The first-order valence-corrected chi connectivity index (χ1v) is 13.0. The van der Waals surface area contributed by atoms with Gasteiger partial charge >= 0.3 is 0 Å². The number of rotatable bonds is 6. The lowest BCUT2D eigenvalue weighted by molar-refractivity contribution is -0.119. The van der Waals surface area contributed by atoms with Crippen LogP contribution in [0, 0.1) is 6.92 Å². The maximum Gasteiger partial charge on any atom is 0.262 e. The van der Waals surface area contributed by atoms with Crippen LogP contribution in [-0.4, -0.2) is 67.1 Å². The fraction of sp³-hybridized carbons (Fsp3) is 0.529. The highest BCUT2D eigenvalue weighted by atomic mass is 32.2. The molecule has 0 unspecified atom stereocenters. The van der Waals surface area contributed by atoms with Crippen LogP contribution in [0.25, 0.3) is 0 Å². The second-order valence-electron chi connectivity index (χ2n) is 7.03. The van der Waals surface area contributed by atoms with E-state index in [0.29, 0.717) is 12.2 Å². The summed E-state index contributed by atoms with van der Waals surface area (Å²) in [7, 11) is -5.81. The quantitative estimate of drug-likeness (QED) is 0.650. The summed E-state index contributed by atoms with van der Waals surface area (Å²) in [5.41, 5.74) is 0. The normalized spacial score (nSPS) is 17.0. The Morgan fingerprint density at radius 1 is 1.10 bits per heavy atom. The van der Waals surface area contributed by atoms with E-state index in [9.17, 15) is 21.6 Å². The van der Waals surface area contributed by atoms with E-state index in [1.165, 1.54) is 27.8 Å². The fourth-order valence-corrected chi connectivity index (χ4v) is 7.48. The van der Waals surface area contributed by atoms with E-state index < -0.39 is 20.0 Å². The van der Waals surface area contributed by atoms with Crippen molar-refractivity contribution in [3.8, 4) is 0 Å². The number of thiophene rings is 1. The monoisotopic (exact) mass is 475 g/mol. The maximum atomic E-state index is 13.0. The van der Waals surface area contributed by atoms with Gasteiger partial charge in [-0.3, -0.25) is 4.79 Å². The molecule has 0 aromatic carbocycles. The molecule has 1 aliphatic rings. The predicted octanol–water partition coefficient (Wildman–Crippen LogP) is 0.511. The molecule has 1 aliphatic heterocycles. The first-order valence-electron chi connectivity index (χ1n) is 9.35. The van der Waals surface area contributed by atoms with Crippen LogP contribution < -0.4 is 5.32 Å². The molecular formula is C17H25N5O5S3. The third-order valence-corrected chi connectivity index (χ3v) is 10.1. The molecular weight excluding hydrogens is 450 g/mol. The molecule has 3 heterocycles. The van der Waals surface area contributed by atoms with Crippen LogP contribution in [0.2, 0.25) is 0 Å². The minimum atomic E-state index is -3.79. The smallest absolute Gasteiger partial charge is 0.262 e. The number of imidazole rings is 1. The van der Waals surface area contributed by atoms with Crippen LogP contribution in [-0.2, 0) is 38.4 Å². The van der Waals surface area contributed by atoms with Gasteiger partial charge in [0.1, 0.15) is 10.0 Å². The standard InChI is InChI=1S/C17H25N5O5S3/c1-13-19-16(12-20(13)3)29(24,25)21-7-4-8-22(10-9-21)30(26,27)17-6-5-15(28-17)11-18-14(2)23/h5-6,12H,4,7-11H2,1-3H3,(H,18,23). The number of aromatic nitrogens is 2. The van der Waals surface area contributed by atoms with Crippen LogP contribution in [0.5, 0.6) is 0 Å². The third-order valence-electron chi connectivity index (χ3n) is 4.85. The minimum absolute atomic E-state index is 0.0281. The summed E-state index contributed by atoms with van der Waals surface area (Å²) in [6.45, 7) is 3.96. The Balaban J connectivity index is 1.73. The van der Waals surface area contributed by atoms with Crippen molar-refractivity contribution in [2.24, 2.45) is 7.05 Å². The molecule has 3 rings (SSSR count). The molecule has 166 valence electrons. The first kappa shape index (κ1) is 22.9. The summed E-state index contributed by atoms with van der Waals surface area (Å²) >= 11 is 1.10. The topological polar surface area (TPSA) is 122 Å². The highest BCUT2D eigenvalue weighted by Gasteiger charge is 2.33. The zero-order valence-corrected chi connectivity index (χ0v) is 19.5. The molecule has 1 amide bonds. The molecule has 0 aliphatic carbocycles. The van der Waals surface area contributed by atoms with Crippen molar-refractivity contribution in [3.63, 3.8) is 0 Å². The number of nitrogens with zero attached hydrogens (tertiary/aromatic N) is 4. The van der Waals surface area contributed by atoms with Gasteiger partial charge in [-0.25, -0.2) is 21.8 Å². The number of hydrogen-bond donors (Lipinski definition) is 1. The van der Waals surface area contributed by atoms with E-state index in [1.807, 2.05) is 0 Å². The summed E-state index contributed by atoms with van der Waals surface area (Å²) in [5.74, 6) is 0.394. The number of aryl methyl sites for hydroxylation is 2. The van der Waals surface area contributed by atoms with Gasteiger partial charge in [0.05, 0.1) is 6.54 Å². The molecule has 2 aromatic rings. The summed E-state index contributed by atoms with van der Waals surface area (Å²) in [6.07, 6.45) is 1.85. The molecule has 13 heteroatoms. The summed E-state index contributed by atoms with van der Waals surface area (Å²) in [6, 6.07) is 3.19. The maximum absolute atomic E-state index is 13.0.